The van der Waals surface area contributed by atoms with Crippen LogP contribution in [0.15, 0.2) is 42.5 Å². The Morgan fingerprint density at radius 1 is 1.11 bits per heavy atom. The number of hydrogen-bond acceptors (Lipinski definition) is 3. The highest BCUT2D eigenvalue weighted by Crippen LogP contribution is 2.29. The Morgan fingerprint density at radius 2 is 1.89 bits per heavy atom. The highest BCUT2D eigenvalue weighted by atomic mass is 35.5. The number of amides is 3. The smallest absolute Gasteiger partial charge is 0.244 e. The van der Waals surface area contributed by atoms with Crippen LogP contribution in [-0.4, -0.2) is 24.3 Å². The van der Waals surface area contributed by atoms with Gasteiger partial charge in [0.2, 0.25) is 17.7 Å². The number of rotatable bonds is 5. The molecule has 1 heterocycles. The molecule has 2 aromatic rings. The third-order valence-electron chi connectivity index (χ3n) is 4.13. The fraction of sp³-hybridized carbons (Fsp3) is 0.211. The van der Waals surface area contributed by atoms with Crippen molar-refractivity contribution in [2.24, 2.45) is 0 Å². The zero-order valence-electron chi connectivity index (χ0n) is 14.3. The SMILES string of the molecule is O=C(CCC(=O)N1CC(=O)Nc2ccccc21)NCc1ccc(Cl)cc1Cl. The molecule has 27 heavy (non-hydrogen) atoms. The van der Waals surface area contributed by atoms with Gasteiger partial charge in [0, 0.05) is 29.4 Å². The van der Waals surface area contributed by atoms with Gasteiger partial charge in [0.25, 0.3) is 0 Å². The van der Waals surface area contributed by atoms with Gasteiger partial charge < -0.3 is 15.5 Å². The maximum Gasteiger partial charge on any atom is 0.244 e. The average molecular weight is 406 g/mol. The van der Waals surface area contributed by atoms with Crippen molar-refractivity contribution in [1.29, 1.82) is 0 Å². The van der Waals surface area contributed by atoms with Crippen LogP contribution in [0.5, 0.6) is 0 Å². The fourth-order valence-corrected chi connectivity index (χ4v) is 3.23. The summed E-state index contributed by atoms with van der Waals surface area (Å²) in [6.07, 6.45) is 0.0200. The predicted molar refractivity (Wildman–Crippen MR) is 105 cm³/mol. The molecule has 3 rings (SSSR count). The van der Waals surface area contributed by atoms with Crippen LogP contribution in [0.25, 0.3) is 0 Å². The van der Waals surface area contributed by atoms with Crippen molar-refractivity contribution in [3.63, 3.8) is 0 Å². The standard InChI is InChI=1S/C19H17Cl2N3O3/c20-13-6-5-12(14(21)9-13)10-22-17(25)7-8-19(27)24-11-18(26)23-15-3-1-2-4-16(15)24/h1-6,9H,7-8,10-11H2,(H,22,25)(H,23,26). The molecule has 0 unspecified atom stereocenters. The molecule has 6 nitrogen and oxygen atoms in total. The van der Waals surface area contributed by atoms with E-state index in [0.29, 0.717) is 21.4 Å². The van der Waals surface area contributed by atoms with Gasteiger partial charge in [0.05, 0.1) is 11.4 Å². The van der Waals surface area contributed by atoms with Gasteiger partial charge in [-0.15, -0.1) is 0 Å². The number of carbonyl (C=O) groups excluding carboxylic acids is 3. The number of halogens is 2. The summed E-state index contributed by atoms with van der Waals surface area (Å²) < 4.78 is 0. The first-order valence-corrected chi connectivity index (χ1v) is 9.09. The number of carbonyl (C=O) groups is 3. The molecule has 2 N–H and O–H groups in total. The van der Waals surface area contributed by atoms with E-state index in [4.69, 9.17) is 23.2 Å². The molecule has 2 aromatic carbocycles. The molecule has 1 aliphatic rings. The number of para-hydroxylation sites is 2. The van der Waals surface area contributed by atoms with Crippen molar-refractivity contribution in [3.05, 3.63) is 58.1 Å². The molecule has 0 spiro atoms. The summed E-state index contributed by atoms with van der Waals surface area (Å²) in [7, 11) is 0. The zero-order valence-corrected chi connectivity index (χ0v) is 15.8. The molecule has 0 saturated carbocycles. The van der Waals surface area contributed by atoms with Gasteiger partial charge in [-0.2, -0.15) is 0 Å². The Bertz CT molecular complexity index is 902. The number of nitrogens with zero attached hydrogens (tertiary/aromatic N) is 1. The highest BCUT2D eigenvalue weighted by Gasteiger charge is 2.26. The molecule has 0 aromatic heterocycles. The largest absolute Gasteiger partial charge is 0.352 e. The number of fused-ring (bicyclic) bond motifs is 1. The Morgan fingerprint density at radius 3 is 2.67 bits per heavy atom. The minimum absolute atomic E-state index is 0.00178. The van der Waals surface area contributed by atoms with Crippen LogP contribution in [0.2, 0.25) is 10.0 Å². The second kappa shape index (κ2) is 8.41. The lowest BCUT2D eigenvalue weighted by molar-refractivity contribution is -0.125. The summed E-state index contributed by atoms with van der Waals surface area (Å²) in [6.45, 7) is 0.190. The average Bonchev–Trinajstić information content (AvgIpc) is 2.64. The van der Waals surface area contributed by atoms with Gasteiger partial charge in [-0.25, -0.2) is 0 Å². The van der Waals surface area contributed by atoms with Crippen molar-refractivity contribution in [1.82, 2.24) is 5.32 Å². The lowest BCUT2D eigenvalue weighted by Gasteiger charge is -2.29. The van der Waals surface area contributed by atoms with Crippen LogP contribution >= 0.6 is 23.2 Å². The molecule has 140 valence electrons. The first-order chi connectivity index (χ1) is 12.9. The normalized spacial score (nSPS) is 13.0. The minimum atomic E-state index is -0.281. The number of hydrogen-bond donors (Lipinski definition) is 2. The minimum Gasteiger partial charge on any atom is -0.352 e. The summed E-state index contributed by atoms with van der Waals surface area (Å²) in [4.78, 5) is 37.8. The van der Waals surface area contributed by atoms with Crippen LogP contribution in [0.3, 0.4) is 0 Å². The van der Waals surface area contributed by atoms with Gasteiger partial charge in [0.1, 0.15) is 6.54 Å². The highest BCUT2D eigenvalue weighted by molar-refractivity contribution is 6.35. The molecule has 3 amide bonds. The predicted octanol–water partition coefficient (Wildman–Crippen LogP) is 3.38. The first kappa shape index (κ1) is 19.2. The van der Waals surface area contributed by atoms with Crippen molar-refractivity contribution < 1.29 is 14.4 Å². The van der Waals surface area contributed by atoms with Gasteiger partial charge in [-0.1, -0.05) is 41.4 Å². The molecule has 1 aliphatic heterocycles. The summed E-state index contributed by atoms with van der Waals surface area (Å²) in [5.41, 5.74) is 1.96. The second-order valence-electron chi connectivity index (χ2n) is 6.06. The summed E-state index contributed by atoms with van der Waals surface area (Å²) in [6, 6.07) is 12.1. The van der Waals surface area contributed by atoms with Crippen LogP contribution in [0, 0.1) is 0 Å². The first-order valence-electron chi connectivity index (χ1n) is 8.34. The van der Waals surface area contributed by atoms with E-state index in [1.807, 2.05) is 0 Å². The van der Waals surface area contributed by atoms with Crippen LogP contribution in [-0.2, 0) is 20.9 Å². The molecule has 8 heteroatoms. The lowest BCUT2D eigenvalue weighted by Crippen LogP contribution is -2.42. The van der Waals surface area contributed by atoms with E-state index in [-0.39, 0.29) is 43.7 Å². The molecule has 0 saturated heterocycles. The summed E-state index contributed by atoms with van der Waals surface area (Å²) in [5, 5.41) is 6.44. The number of nitrogens with one attached hydrogen (secondary N) is 2. The van der Waals surface area contributed by atoms with E-state index in [0.717, 1.165) is 5.56 Å². The Hall–Kier alpha value is -2.57. The second-order valence-corrected chi connectivity index (χ2v) is 6.90. The maximum absolute atomic E-state index is 12.5. The van der Waals surface area contributed by atoms with E-state index in [9.17, 15) is 14.4 Å². The fourth-order valence-electron chi connectivity index (χ4n) is 2.76. The zero-order chi connectivity index (χ0) is 19.4. The van der Waals surface area contributed by atoms with E-state index in [1.165, 1.54) is 4.90 Å². The van der Waals surface area contributed by atoms with Gasteiger partial charge >= 0.3 is 0 Å². The Kier molecular flexibility index (Phi) is 5.98. The van der Waals surface area contributed by atoms with Crippen LogP contribution in [0.1, 0.15) is 18.4 Å². The van der Waals surface area contributed by atoms with E-state index in [2.05, 4.69) is 10.6 Å². The summed E-state index contributed by atoms with van der Waals surface area (Å²) in [5.74, 6) is -0.815. The van der Waals surface area contributed by atoms with Gasteiger partial charge in [-0.3, -0.25) is 14.4 Å². The van der Waals surface area contributed by atoms with Crippen molar-refractivity contribution in [2.45, 2.75) is 19.4 Å². The van der Waals surface area contributed by atoms with E-state index >= 15 is 0 Å². The third kappa shape index (κ3) is 4.78. The lowest BCUT2D eigenvalue weighted by atomic mass is 10.1. The molecule has 0 aliphatic carbocycles. The van der Waals surface area contributed by atoms with Crippen molar-refractivity contribution in [3.8, 4) is 0 Å². The van der Waals surface area contributed by atoms with E-state index < -0.39 is 0 Å². The van der Waals surface area contributed by atoms with Gasteiger partial charge in [-0.05, 0) is 29.8 Å². The monoisotopic (exact) mass is 405 g/mol. The summed E-state index contributed by atoms with van der Waals surface area (Å²) >= 11 is 11.9. The maximum atomic E-state index is 12.5. The molecule has 0 fully saturated rings. The number of anilines is 2. The Labute approximate surface area is 166 Å². The quantitative estimate of drug-likeness (QED) is 0.799. The van der Waals surface area contributed by atoms with Crippen molar-refractivity contribution >= 4 is 52.3 Å². The van der Waals surface area contributed by atoms with Crippen molar-refractivity contribution in [2.75, 3.05) is 16.8 Å². The molecule has 0 atom stereocenters. The third-order valence-corrected chi connectivity index (χ3v) is 4.72. The van der Waals surface area contributed by atoms with Gasteiger partial charge in [0.15, 0.2) is 0 Å². The number of benzene rings is 2. The molecule has 0 bridgehead atoms. The molecular formula is C19H17Cl2N3O3. The van der Waals surface area contributed by atoms with Crippen LogP contribution < -0.4 is 15.5 Å². The topological polar surface area (TPSA) is 78.5 Å². The van der Waals surface area contributed by atoms with E-state index in [1.54, 1.807) is 42.5 Å². The molecule has 0 radical (unpaired) electrons. The Balaban J connectivity index is 1.54. The molecular weight excluding hydrogens is 389 g/mol. The van der Waals surface area contributed by atoms with Crippen LogP contribution in [0.4, 0.5) is 11.4 Å².